The fourth-order valence-corrected chi connectivity index (χ4v) is 1.58. The van der Waals surface area contributed by atoms with E-state index in [0.717, 1.165) is 17.0 Å². The normalized spacial score (nSPS) is 10.2. The second kappa shape index (κ2) is 2.63. The number of terminal acetylenes is 1. The summed E-state index contributed by atoms with van der Waals surface area (Å²) in [6.07, 6.45) is 7.08. The fraction of sp³-hybridized carbons (Fsp3) is 0.182. The predicted molar refractivity (Wildman–Crippen MR) is 52.6 cm³/mol. The molecule has 0 aliphatic heterocycles. The molecule has 2 nitrogen and oxygen atoms in total. The van der Waals surface area contributed by atoms with Crippen molar-refractivity contribution in [3.8, 4) is 12.3 Å². The van der Waals surface area contributed by atoms with Gasteiger partial charge in [-0.1, -0.05) is 5.92 Å². The number of aryl methyl sites for hydroxylation is 2. The highest BCUT2D eigenvalue weighted by Crippen LogP contribution is 2.11. The van der Waals surface area contributed by atoms with Crippen molar-refractivity contribution in [3.63, 3.8) is 0 Å². The Balaban J connectivity index is 2.92. The molecule has 2 heterocycles. The maximum absolute atomic E-state index is 5.36. The zero-order valence-corrected chi connectivity index (χ0v) is 7.70. The van der Waals surface area contributed by atoms with Gasteiger partial charge in [0.15, 0.2) is 0 Å². The first-order chi connectivity index (χ1) is 6.22. The smallest absolute Gasteiger partial charge is 0.138 e. The van der Waals surface area contributed by atoms with Crippen LogP contribution >= 0.6 is 0 Å². The molecule has 0 N–H and O–H groups in total. The summed E-state index contributed by atoms with van der Waals surface area (Å²) in [6.45, 7) is 4.08. The van der Waals surface area contributed by atoms with E-state index in [1.807, 2.05) is 17.4 Å². The molecular formula is C11H10N2. The first-order valence-electron chi connectivity index (χ1n) is 4.13. The van der Waals surface area contributed by atoms with Gasteiger partial charge in [-0.25, -0.2) is 4.98 Å². The summed E-state index contributed by atoms with van der Waals surface area (Å²) in [5, 5.41) is 0. The molecule has 0 saturated heterocycles. The van der Waals surface area contributed by atoms with Crippen molar-refractivity contribution in [2.24, 2.45) is 0 Å². The molecule has 0 amide bonds. The topological polar surface area (TPSA) is 17.3 Å². The second-order valence-electron chi connectivity index (χ2n) is 3.16. The van der Waals surface area contributed by atoms with E-state index in [2.05, 4.69) is 23.9 Å². The van der Waals surface area contributed by atoms with Gasteiger partial charge in [-0.05, 0) is 31.5 Å². The van der Waals surface area contributed by atoms with E-state index >= 15 is 0 Å². The van der Waals surface area contributed by atoms with Crippen LogP contribution in [-0.4, -0.2) is 9.38 Å². The molecule has 2 aromatic heterocycles. The Morgan fingerprint density at radius 2 is 2.15 bits per heavy atom. The fourth-order valence-electron chi connectivity index (χ4n) is 1.58. The number of rotatable bonds is 0. The largest absolute Gasteiger partial charge is 0.290 e. The van der Waals surface area contributed by atoms with E-state index in [1.54, 1.807) is 6.20 Å². The molecule has 64 valence electrons. The molecular weight excluding hydrogens is 160 g/mol. The Morgan fingerprint density at radius 1 is 1.38 bits per heavy atom. The first kappa shape index (κ1) is 7.88. The Hall–Kier alpha value is -1.75. The monoisotopic (exact) mass is 170 g/mol. The van der Waals surface area contributed by atoms with Crippen LogP contribution in [0.5, 0.6) is 0 Å². The van der Waals surface area contributed by atoms with Gasteiger partial charge in [-0.2, -0.15) is 0 Å². The summed E-state index contributed by atoms with van der Waals surface area (Å²) in [6, 6.07) is 4.11. The maximum atomic E-state index is 5.36. The van der Waals surface area contributed by atoms with Crippen LogP contribution in [0.15, 0.2) is 18.3 Å². The lowest BCUT2D eigenvalue weighted by Crippen LogP contribution is -1.94. The van der Waals surface area contributed by atoms with E-state index in [4.69, 9.17) is 6.42 Å². The molecule has 0 aromatic carbocycles. The Morgan fingerprint density at radius 3 is 2.85 bits per heavy atom. The summed E-state index contributed by atoms with van der Waals surface area (Å²) in [7, 11) is 0. The summed E-state index contributed by atoms with van der Waals surface area (Å²) in [5.41, 5.74) is 4.07. The summed E-state index contributed by atoms with van der Waals surface area (Å²) in [5.74, 6) is 2.61. The summed E-state index contributed by atoms with van der Waals surface area (Å²) < 4.78 is 1.98. The van der Waals surface area contributed by atoms with Gasteiger partial charge in [0.1, 0.15) is 11.3 Å². The quantitative estimate of drug-likeness (QED) is 0.552. The molecule has 0 saturated carbocycles. The SMILES string of the molecule is C#Cc1cnc2cc(C)cc(C)n12. The molecule has 2 aromatic rings. The predicted octanol–water partition coefficient (Wildman–Crippen LogP) is 1.93. The van der Waals surface area contributed by atoms with Crippen LogP contribution in [0.4, 0.5) is 0 Å². The van der Waals surface area contributed by atoms with E-state index in [9.17, 15) is 0 Å². The average molecular weight is 170 g/mol. The molecule has 0 unspecified atom stereocenters. The van der Waals surface area contributed by atoms with Crippen LogP contribution in [0.2, 0.25) is 0 Å². The highest BCUT2D eigenvalue weighted by molar-refractivity contribution is 5.48. The van der Waals surface area contributed by atoms with Crippen LogP contribution in [-0.2, 0) is 0 Å². The van der Waals surface area contributed by atoms with Crippen molar-refractivity contribution < 1.29 is 0 Å². The number of nitrogens with zero attached hydrogens (tertiary/aromatic N) is 2. The molecule has 13 heavy (non-hydrogen) atoms. The third-order valence-electron chi connectivity index (χ3n) is 2.08. The van der Waals surface area contributed by atoms with E-state index in [0.29, 0.717) is 0 Å². The minimum atomic E-state index is 0.812. The number of hydrogen-bond acceptors (Lipinski definition) is 1. The van der Waals surface area contributed by atoms with Gasteiger partial charge in [-0.3, -0.25) is 4.40 Å². The van der Waals surface area contributed by atoms with Crippen molar-refractivity contribution in [2.75, 3.05) is 0 Å². The zero-order valence-electron chi connectivity index (χ0n) is 7.70. The molecule has 0 spiro atoms. The van der Waals surface area contributed by atoms with Crippen LogP contribution in [0.25, 0.3) is 5.65 Å². The van der Waals surface area contributed by atoms with Crippen LogP contribution in [0, 0.1) is 26.2 Å². The Bertz CT molecular complexity index is 501. The average Bonchev–Trinajstić information content (AvgIpc) is 2.47. The van der Waals surface area contributed by atoms with Gasteiger partial charge in [0.2, 0.25) is 0 Å². The van der Waals surface area contributed by atoms with Gasteiger partial charge in [0.25, 0.3) is 0 Å². The number of aromatic nitrogens is 2. The minimum absolute atomic E-state index is 0.812. The first-order valence-corrected chi connectivity index (χ1v) is 4.13. The van der Waals surface area contributed by atoms with Crippen molar-refractivity contribution >= 4 is 5.65 Å². The molecule has 0 bridgehead atoms. The summed E-state index contributed by atoms with van der Waals surface area (Å²) >= 11 is 0. The van der Waals surface area contributed by atoms with Gasteiger partial charge >= 0.3 is 0 Å². The lowest BCUT2D eigenvalue weighted by Gasteiger charge is -2.02. The van der Waals surface area contributed by atoms with Crippen molar-refractivity contribution in [2.45, 2.75) is 13.8 Å². The second-order valence-corrected chi connectivity index (χ2v) is 3.16. The van der Waals surface area contributed by atoms with Crippen molar-refractivity contribution in [1.82, 2.24) is 9.38 Å². The number of fused-ring (bicyclic) bond motifs is 1. The Kier molecular flexibility index (Phi) is 1.60. The molecule has 0 aliphatic carbocycles. The standard InChI is InChI=1S/C11H10N2/c1-4-10-7-12-11-6-8(2)5-9(3)13(10)11/h1,5-7H,2-3H3. The third kappa shape index (κ3) is 1.09. The van der Waals surface area contributed by atoms with E-state index < -0.39 is 0 Å². The lowest BCUT2D eigenvalue weighted by atomic mass is 10.2. The molecule has 2 heteroatoms. The lowest BCUT2D eigenvalue weighted by molar-refractivity contribution is 1.07. The highest BCUT2D eigenvalue weighted by atomic mass is 15.0. The van der Waals surface area contributed by atoms with Gasteiger partial charge in [0.05, 0.1) is 6.20 Å². The number of pyridine rings is 1. The number of hydrogen-bond donors (Lipinski definition) is 0. The highest BCUT2D eigenvalue weighted by Gasteiger charge is 2.03. The van der Waals surface area contributed by atoms with Gasteiger partial charge in [-0.15, -0.1) is 6.42 Å². The van der Waals surface area contributed by atoms with E-state index in [1.165, 1.54) is 5.56 Å². The molecule has 0 atom stereocenters. The zero-order chi connectivity index (χ0) is 9.42. The third-order valence-corrected chi connectivity index (χ3v) is 2.08. The van der Waals surface area contributed by atoms with Crippen LogP contribution in [0.1, 0.15) is 17.0 Å². The van der Waals surface area contributed by atoms with Crippen LogP contribution < -0.4 is 0 Å². The summed E-state index contributed by atoms with van der Waals surface area (Å²) in [4.78, 5) is 4.23. The van der Waals surface area contributed by atoms with Gasteiger partial charge in [0, 0.05) is 5.69 Å². The molecule has 0 radical (unpaired) electrons. The molecule has 2 rings (SSSR count). The van der Waals surface area contributed by atoms with Gasteiger partial charge < -0.3 is 0 Å². The van der Waals surface area contributed by atoms with Crippen molar-refractivity contribution in [1.29, 1.82) is 0 Å². The molecule has 0 aliphatic rings. The number of imidazole rings is 1. The maximum Gasteiger partial charge on any atom is 0.138 e. The van der Waals surface area contributed by atoms with Crippen LogP contribution in [0.3, 0.4) is 0 Å². The van der Waals surface area contributed by atoms with E-state index in [-0.39, 0.29) is 0 Å². The Labute approximate surface area is 77.2 Å². The minimum Gasteiger partial charge on any atom is -0.290 e. The van der Waals surface area contributed by atoms with Crippen molar-refractivity contribution in [3.05, 3.63) is 35.3 Å². The molecule has 0 fully saturated rings.